The summed E-state index contributed by atoms with van der Waals surface area (Å²) in [6, 6.07) is 0.698. The van der Waals surface area contributed by atoms with Gasteiger partial charge in [0.05, 0.1) is 12.6 Å². The second-order valence-corrected chi connectivity index (χ2v) is 6.22. The normalized spacial score (nSPS) is 22.1. The van der Waals surface area contributed by atoms with E-state index >= 15 is 0 Å². The minimum absolute atomic E-state index is 0.245. The molecule has 1 N–H and O–H groups in total. The summed E-state index contributed by atoms with van der Waals surface area (Å²) in [5, 5.41) is 12.5. The Hall–Kier alpha value is -0.940. The summed E-state index contributed by atoms with van der Waals surface area (Å²) >= 11 is 0. The smallest absolute Gasteiger partial charge is 0.149 e. The number of hydrogen-bond acceptors (Lipinski definition) is 4. The SMILES string of the molecule is COCC(NC(C)c1nnc2n1CCCCC2)C1CC1. The first-order valence-electron chi connectivity index (χ1n) is 7.96. The van der Waals surface area contributed by atoms with Crippen molar-refractivity contribution >= 4 is 0 Å². The largest absolute Gasteiger partial charge is 0.383 e. The first-order chi connectivity index (χ1) is 9.79. The molecule has 1 aromatic heterocycles. The van der Waals surface area contributed by atoms with E-state index in [1.54, 1.807) is 7.11 Å². The van der Waals surface area contributed by atoms with Crippen molar-refractivity contribution in [3.8, 4) is 0 Å². The summed E-state index contributed by atoms with van der Waals surface area (Å²) in [4.78, 5) is 0. The van der Waals surface area contributed by atoms with Crippen LogP contribution in [-0.4, -0.2) is 34.5 Å². The van der Waals surface area contributed by atoms with Crippen molar-refractivity contribution in [3.63, 3.8) is 0 Å². The topological polar surface area (TPSA) is 52.0 Å². The summed E-state index contributed by atoms with van der Waals surface area (Å²) < 4.78 is 7.69. The predicted molar refractivity (Wildman–Crippen MR) is 77.5 cm³/mol. The second-order valence-electron chi connectivity index (χ2n) is 6.22. The maximum Gasteiger partial charge on any atom is 0.149 e. The van der Waals surface area contributed by atoms with Crippen LogP contribution in [0.25, 0.3) is 0 Å². The molecular weight excluding hydrogens is 252 g/mol. The van der Waals surface area contributed by atoms with Crippen LogP contribution in [0.15, 0.2) is 0 Å². The van der Waals surface area contributed by atoms with Crippen molar-refractivity contribution < 1.29 is 4.74 Å². The Morgan fingerprint density at radius 1 is 1.30 bits per heavy atom. The molecule has 3 rings (SSSR count). The van der Waals surface area contributed by atoms with Crippen LogP contribution < -0.4 is 5.32 Å². The van der Waals surface area contributed by atoms with E-state index in [9.17, 15) is 0 Å². The zero-order valence-electron chi connectivity index (χ0n) is 12.6. The Labute approximate surface area is 121 Å². The summed E-state index contributed by atoms with van der Waals surface area (Å²) in [6.07, 6.45) is 7.52. The van der Waals surface area contributed by atoms with Crippen LogP contribution in [0, 0.1) is 5.92 Å². The maximum atomic E-state index is 5.35. The Morgan fingerprint density at radius 2 is 2.15 bits per heavy atom. The molecular formula is C15H26N4O. The Morgan fingerprint density at radius 3 is 2.90 bits per heavy atom. The molecule has 5 nitrogen and oxygen atoms in total. The minimum Gasteiger partial charge on any atom is -0.383 e. The molecule has 5 heteroatoms. The lowest BCUT2D eigenvalue weighted by molar-refractivity contribution is 0.151. The molecule has 2 aliphatic rings. The minimum atomic E-state index is 0.245. The molecule has 0 bridgehead atoms. The molecule has 0 amide bonds. The van der Waals surface area contributed by atoms with Crippen molar-refractivity contribution in [2.24, 2.45) is 5.92 Å². The molecule has 112 valence electrons. The van der Waals surface area contributed by atoms with Gasteiger partial charge < -0.3 is 14.6 Å². The predicted octanol–water partition coefficient (Wildman–Crippen LogP) is 2.08. The van der Waals surface area contributed by atoms with Gasteiger partial charge in [-0.2, -0.15) is 0 Å². The monoisotopic (exact) mass is 278 g/mol. The van der Waals surface area contributed by atoms with E-state index in [2.05, 4.69) is 27.0 Å². The molecule has 0 aromatic carbocycles. The number of fused-ring (bicyclic) bond motifs is 1. The number of rotatable bonds is 6. The van der Waals surface area contributed by atoms with Crippen molar-refractivity contribution in [2.45, 2.75) is 64.1 Å². The third-order valence-corrected chi connectivity index (χ3v) is 4.53. The van der Waals surface area contributed by atoms with Crippen LogP contribution in [0.2, 0.25) is 0 Å². The highest BCUT2D eigenvalue weighted by Gasteiger charge is 2.33. The van der Waals surface area contributed by atoms with Gasteiger partial charge in [-0.3, -0.25) is 0 Å². The Balaban J connectivity index is 1.70. The van der Waals surface area contributed by atoms with E-state index < -0.39 is 0 Å². The molecule has 2 unspecified atom stereocenters. The van der Waals surface area contributed by atoms with E-state index in [0.29, 0.717) is 6.04 Å². The van der Waals surface area contributed by atoms with Crippen LogP contribution in [0.1, 0.15) is 56.7 Å². The van der Waals surface area contributed by atoms with Gasteiger partial charge in [-0.1, -0.05) is 6.42 Å². The van der Waals surface area contributed by atoms with E-state index in [0.717, 1.165) is 31.3 Å². The molecule has 0 spiro atoms. The lowest BCUT2D eigenvalue weighted by Crippen LogP contribution is -2.38. The molecule has 20 heavy (non-hydrogen) atoms. The number of methoxy groups -OCH3 is 1. The fourth-order valence-electron chi connectivity index (χ4n) is 3.22. The number of nitrogens with zero attached hydrogens (tertiary/aromatic N) is 3. The lowest BCUT2D eigenvalue weighted by atomic mass is 10.1. The van der Waals surface area contributed by atoms with Gasteiger partial charge in [-0.15, -0.1) is 10.2 Å². The fourth-order valence-corrected chi connectivity index (χ4v) is 3.22. The van der Waals surface area contributed by atoms with Crippen LogP contribution >= 0.6 is 0 Å². The van der Waals surface area contributed by atoms with Gasteiger partial charge in [0.15, 0.2) is 0 Å². The van der Waals surface area contributed by atoms with Gasteiger partial charge >= 0.3 is 0 Å². The van der Waals surface area contributed by atoms with Crippen LogP contribution in [0.4, 0.5) is 0 Å². The summed E-state index contributed by atoms with van der Waals surface area (Å²) in [5.74, 6) is 3.05. The van der Waals surface area contributed by atoms with Crippen LogP contribution in [-0.2, 0) is 17.7 Å². The average molecular weight is 278 g/mol. The lowest BCUT2D eigenvalue weighted by Gasteiger charge is -2.22. The van der Waals surface area contributed by atoms with Crippen molar-refractivity contribution in [1.82, 2.24) is 20.1 Å². The quantitative estimate of drug-likeness (QED) is 0.865. The number of aromatic nitrogens is 3. The van der Waals surface area contributed by atoms with Crippen molar-refractivity contribution in [1.29, 1.82) is 0 Å². The maximum absolute atomic E-state index is 5.35. The van der Waals surface area contributed by atoms with Crippen LogP contribution in [0.3, 0.4) is 0 Å². The number of hydrogen-bond donors (Lipinski definition) is 1. The number of nitrogens with one attached hydrogen (secondary N) is 1. The Kier molecular flexibility index (Phi) is 4.36. The second kappa shape index (κ2) is 6.22. The highest BCUT2D eigenvalue weighted by molar-refractivity contribution is 5.03. The van der Waals surface area contributed by atoms with Gasteiger partial charge in [0.2, 0.25) is 0 Å². The fraction of sp³-hybridized carbons (Fsp3) is 0.867. The average Bonchev–Trinajstić information content (AvgIpc) is 3.24. The zero-order chi connectivity index (χ0) is 13.9. The van der Waals surface area contributed by atoms with Gasteiger partial charge in [0.25, 0.3) is 0 Å². The van der Waals surface area contributed by atoms with E-state index in [4.69, 9.17) is 4.74 Å². The molecule has 1 aromatic rings. The standard InChI is InChI=1S/C15H26N4O/c1-11(16-13(10-20-2)12-7-8-12)15-18-17-14-6-4-3-5-9-19(14)15/h11-13,16H,3-10H2,1-2H3. The highest BCUT2D eigenvalue weighted by Crippen LogP contribution is 2.34. The highest BCUT2D eigenvalue weighted by atomic mass is 16.5. The molecule has 2 heterocycles. The Bertz CT molecular complexity index is 441. The van der Waals surface area contributed by atoms with E-state index in [1.807, 2.05) is 0 Å². The number of ether oxygens (including phenoxy) is 1. The summed E-state index contributed by atoms with van der Waals surface area (Å²) in [6.45, 7) is 4.06. The third kappa shape index (κ3) is 3.04. The first kappa shape index (κ1) is 14.0. The third-order valence-electron chi connectivity index (χ3n) is 4.53. The van der Waals surface area contributed by atoms with Crippen molar-refractivity contribution in [3.05, 3.63) is 11.6 Å². The van der Waals surface area contributed by atoms with Gasteiger partial charge in [-0.05, 0) is 38.5 Å². The molecule has 1 fully saturated rings. The van der Waals surface area contributed by atoms with Crippen LogP contribution in [0.5, 0.6) is 0 Å². The van der Waals surface area contributed by atoms with Gasteiger partial charge in [0, 0.05) is 26.1 Å². The summed E-state index contributed by atoms with van der Waals surface area (Å²) in [5.41, 5.74) is 0. The zero-order valence-corrected chi connectivity index (χ0v) is 12.6. The molecule has 1 aliphatic heterocycles. The molecule has 0 radical (unpaired) electrons. The van der Waals surface area contributed by atoms with Gasteiger partial charge in [-0.25, -0.2) is 0 Å². The van der Waals surface area contributed by atoms with Gasteiger partial charge in [0.1, 0.15) is 11.6 Å². The first-order valence-corrected chi connectivity index (χ1v) is 7.96. The molecule has 1 saturated carbocycles. The molecule has 2 atom stereocenters. The summed E-state index contributed by atoms with van der Waals surface area (Å²) in [7, 11) is 1.78. The van der Waals surface area contributed by atoms with E-state index in [1.165, 1.54) is 37.9 Å². The van der Waals surface area contributed by atoms with Crippen molar-refractivity contribution in [2.75, 3.05) is 13.7 Å². The molecule has 1 aliphatic carbocycles. The molecule has 0 saturated heterocycles. The number of aryl methyl sites for hydroxylation is 1. The van der Waals surface area contributed by atoms with E-state index in [-0.39, 0.29) is 6.04 Å².